The number of benzene rings is 1. The Morgan fingerprint density at radius 3 is 2.44 bits per heavy atom. The zero-order chi connectivity index (χ0) is 18.0. The fourth-order valence-corrected chi connectivity index (χ4v) is 5.34. The summed E-state index contributed by atoms with van der Waals surface area (Å²) in [6.45, 7) is 6.91. The third-order valence-electron chi connectivity index (χ3n) is 5.41. The van der Waals surface area contributed by atoms with Gasteiger partial charge in [-0.15, -0.1) is 0 Å². The first kappa shape index (κ1) is 18.4. The van der Waals surface area contributed by atoms with Gasteiger partial charge in [0.2, 0.25) is 10.0 Å². The highest BCUT2D eigenvalue weighted by atomic mass is 32.2. The van der Waals surface area contributed by atoms with Crippen molar-refractivity contribution in [3.8, 4) is 0 Å². The Balaban J connectivity index is 1.80. The van der Waals surface area contributed by atoms with Gasteiger partial charge in [0.05, 0.1) is 4.90 Å². The third-order valence-corrected chi connectivity index (χ3v) is 7.27. The minimum Gasteiger partial charge on any atom is -0.339 e. The van der Waals surface area contributed by atoms with Crippen LogP contribution in [-0.4, -0.2) is 49.7 Å². The number of amides is 1. The lowest BCUT2D eigenvalue weighted by atomic mass is 9.98. The summed E-state index contributed by atoms with van der Waals surface area (Å²) >= 11 is 0. The van der Waals surface area contributed by atoms with Crippen LogP contribution in [0.1, 0.15) is 49.9 Å². The van der Waals surface area contributed by atoms with Crippen molar-refractivity contribution in [3.05, 3.63) is 29.8 Å². The van der Waals surface area contributed by atoms with Crippen LogP contribution >= 0.6 is 0 Å². The number of likely N-dealkylation sites (tertiary alicyclic amines) is 1. The minimum atomic E-state index is -3.53. The summed E-state index contributed by atoms with van der Waals surface area (Å²) in [4.78, 5) is 14.8. The number of piperidine rings is 2. The second-order valence-corrected chi connectivity index (χ2v) is 9.55. The second kappa shape index (κ2) is 7.46. The molecule has 138 valence electrons. The minimum absolute atomic E-state index is 0.0593. The Morgan fingerprint density at radius 2 is 1.76 bits per heavy atom. The number of carbonyl (C=O) groups excluding carboxylic acids is 1. The predicted molar refractivity (Wildman–Crippen MR) is 97.9 cm³/mol. The summed E-state index contributed by atoms with van der Waals surface area (Å²) in [5.41, 5.74) is 0.473. The van der Waals surface area contributed by atoms with Crippen LogP contribution in [0.2, 0.25) is 0 Å². The fraction of sp³-hybridized carbons (Fsp3) is 0.632. The first-order valence-corrected chi connectivity index (χ1v) is 10.7. The Labute approximate surface area is 151 Å². The molecule has 0 spiro atoms. The van der Waals surface area contributed by atoms with E-state index in [2.05, 4.69) is 13.8 Å². The fourth-order valence-electron chi connectivity index (χ4n) is 3.70. The molecule has 1 aromatic rings. The Kier molecular flexibility index (Phi) is 5.49. The van der Waals surface area contributed by atoms with Gasteiger partial charge in [-0.1, -0.05) is 19.9 Å². The first-order chi connectivity index (χ1) is 11.9. The predicted octanol–water partition coefficient (Wildman–Crippen LogP) is 2.98. The van der Waals surface area contributed by atoms with Crippen LogP contribution in [0.5, 0.6) is 0 Å². The first-order valence-electron chi connectivity index (χ1n) is 9.27. The van der Waals surface area contributed by atoms with E-state index in [1.807, 2.05) is 4.90 Å². The van der Waals surface area contributed by atoms with Crippen molar-refractivity contribution < 1.29 is 13.2 Å². The van der Waals surface area contributed by atoms with Gasteiger partial charge in [-0.05, 0) is 55.7 Å². The van der Waals surface area contributed by atoms with Crippen molar-refractivity contribution in [2.45, 2.75) is 44.4 Å². The molecule has 5 nitrogen and oxygen atoms in total. The van der Waals surface area contributed by atoms with Gasteiger partial charge >= 0.3 is 0 Å². The lowest BCUT2D eigenvalue weighted by molar-refractivity contribution is 0.0697. The van der Waals surface area contributed by atoms with E-state index in [1.54, 1.807) is 28.6 Å². The van der Waals surface area contributed by atoms with Gasteiger partial charge in [-0.3, -0.25) is 4.79 Å². The van der Waals surface area contributed by atoms with Gasteiger partial charge in [0.15, 0.2) is 0 Å². The van der Waals surface area contributed by atoms with Gasteiger partial charge in [0.1, 0.15) is 0 Å². The molecule has 1 amide bonds. The van der Waals surface area contributed by atoms with Crippen LogP contribution in [0.15, 0.2) is 29.2 Å². The highest BCUT2D eigenvalue weighted by Crippen LogP contribution is 2.25. The van der Waals surface area contributed by atoms with Crippen molar-refractivity contribution >= 4 is 15.9 Å². The van der Waals surface area contributed by atoms with Crippen LogP contribution in [0.4, 0.5) is 0 Å². The number of nitrogens with zero attached hydrogens (tertiary/aromatic N) is 2. The van der Waals surface area contributed by atoms with Gasteiger partial charge in [0.25, 0.3) is 5.91 Å². The number of rotatable bonds is 3. The topological polar surface area (TPSA) is 57.7 Å². The summed E-state index contributed by atoms with van der Waals surface area (Å²) in [6.07, 6.45) is 3.98. The van der Waals surface area contributed by atoms with E-state index in [4.69, 9.17) is 0 Å². The zero-order valence-electron chi connectivity index (χ0n) is 15.1. The van der Waals surface area contributed by atoms with E-state index in [0.717, 1.165) is 38.8 Å². The average Bonchev–Trinajstić information content (AvgIpc) is 2.62. The average molecular weight is 365 g/mol. The largest absolute Gasteiger partial charge is 0.339 e. The lowest BCUT2D eigenvalue weighted by Gasteiger charge is -2.31. The smallest absolute Gasteiger partial charge is 0.253 e. The Bertz CT molecular complexity index is 724. The molecule has 0 N–H and O–H groups in total. The maximum absolute atomic E-state index is 12.9. The molecule has 0 bridgehead atoms. The molecule has 0 radical (unpaired) electrons. The van der Waals surface area contributed by atoms with Gasteiger partial charge in [-0.2, -0.15) is 4.31 Å². The van der Waals surface area contributed by atoms with Crippen LogP contribution in [0.25, 0.3) is 0 Å². The molecule has 6 heteroatoms. The molecule has 2 aliphatic heterocycles. The van der Waals surface area contributed by atoms with E-state index in [9.17, 15) is 13.2 Å². The molecule has 2 heterocycles. The summed E-state index contributed by atoms with van der Waals surface area (Å²) in [5.74, 6) is 0.969. The maximum Gasteiger partial charge on any atom is 0.253 e. The van der Waals surface area contributed by atoms with Crippen LogP contribution < -0.4 is 0 Å². The standard InChI is InChI=1S/C19H28N2O3S/c1-15-8-11-20(12-9-15)19(22)17-6-3-7-18(13-17)25(23,24)21-10-4-5-16(2)14-21/h3,6-7,13,15-16H,4-5,8-12,14H2,1-2H3. The SMILES string of the molecule is CC1CCN(C(=O)c2cccc(S(=O)(=O)N3CCCC(C)C3)c2)CC1. The molecule has 2 aliphatic rings. The van der Waals surface area contributed by atoms with Gasteiger partial charge in [-0.25, -0.2) is 8.42 Å². The van der Waals surface area contributed by atoms with Gasteiger partial charge < -0.3 is 4.90 Å². The molecule has 0 aromatic heterocycles. The molecule has 1 atom stereocenters. The number of carbonyl (C=O) groups is 1. The molecule has 1 unspecified atom stereocenters. The number of hydrogen-bond donors (Lipinski definition) is 0. The summed E-state index contributed by atoms with van der Waals surface area (Å²) in [5, 5.41) is 0. The maximum atomic E-state index is 12.9. The number of sulfonamides is 1. The zero-order valence-corrected chi connectivity index (χ0v) is 16.0. The van der Waals surface area contributed by atoms with E-state index >= 15 is 0 Å². The molecule has 0 saturated carbocycles. The second-order valence-electron chi connectivity index (χ2n) is 7.61. The summed E-state index contributed by atoms with van der Waals surface area (Å²) < 4.78 is 27.4. The van der Waals surface area contributed by atoms with E-state index < -0.39 is 10.0 Å². The quantitative estimate of drug-likeness (QED) is 0.828. The van der Waals surface area contributed by atoms with Gasteiger partial charge in [0, 0.05) is 31.7 Å². The highest BCUT2D eigenvalue weighted by molar-refractivity contribution is 7.89. The van der Waals surface area contributed by atoms with Crippen LogP contribution in [0, 0.1) is 11.8 Å². The molecular formula is C19H28N2O3S. The number of hydrogen-bond acceptors (Lipinski definition) is 3. The normalized spacial score (nSPS) is 23.6. The molecular weight excluding hydrogens is 336 g/mol. The van der Waals surface area contributed by atoms with Crippen LogP contribution in [-0.2, 0) is 10.0 Å². The molecule has 1 aromatic carbocycles. The molecule has 2 saturated heterocycles. The van der Waals surface area contributed by atoms with Crippen LogP contribution in [0.3, 0.4) is 0 Å². The molecule has 0 aliphatic carbocycles. The monoisotopic (exact) mass is 364 g/mol. The van der Waals surface area contributed by atoms with Crippen molar-refractivity contribution in [1.29, 1.82) is 0 Å². The van der Waals surface area contributed by atoms with Crippen molar-refractivity contribution in [2.75, 3.05) is 26.2 Å². The molecule has 25 heavy (non-hydrogen) atoms. The third kappa shape index (κ3) is 4.06. The Hall–Kier alpha value is -1.40. The van der Waals surface area contributed by atoms with E-state index in [0.29, 0.717) is 30.5 Å². The van der Waals surface area contributed by atoms with Crippen molar-refractivity contribution in [3.63, 3.8) is 0 Å². The molecule has 3 rings (SSSR count). The van der Waals surface area contributed by atoms with E-state index in [1.165, 1.54) is 0 Å². The van der Waals surface area contributed by atoms with Crippen molar-refractivity contribution in [2.24, 2.45) is 11.8 Å². The van der Waals surface area contributed by atoms with Crippen molar-refractivity contribution in [1.82, 2.24) is 9.21 Å². The molecule has 2 fully saturated rings. The van der Waals surface area contributed by atoms with E-state index in [-0.39, 0.29) is 10.8 Å². The lowest BCUT2D eigenvalue weighted by Crippen LogP contribution is -2.39. The summed E-state index contributed by atoms with van der Waals surface area (Å²) in [6, 6.07) is 6.55. The highest BCUT2D eigenvalue weighted by Gasteiger charge is 2.29. The Morgan fingerprint density at radius 1 is 1.04 bits per heavy atom. The summed E-state index contributed by atoms with van der Waals surface area (Å²) in [7, 11) is -3.53.